The van der Waals surface area contributed by atoms with Crippen molar-refractivity contribution in [2.75, 3.05) is 32.8 Å². The highest BCUT2D eigenvalue weighted by Crippen LogP contribution is 2.18. The third kappa shape index (κ3) is 4.91. The lowest BCUT2D eigenvalue weighted by Crippen LogP contribution is -2.44. The van der Waals surface area contributed by atoms with E-state index in [-0.39, 0.29) is 11.9 Å². The second-order valence-corrected chi connectivity index (χ2v) is 6.11. The van der Waals surface area contributed by atoms with Gasteiger partial charge in [0.25, 0.3) is 0 Å². The average Bonchev–Trinajstić information content (AvgIpc) is 2.63. The lowest BCUT2D eigenvalue weighted by Gasteiger charge is -2.27. The molecule has 1 amide bonds. The van der Waals surface area contributed by atoms with Crippen LogP contribution in [0.15, 0.2) is 60.7 Å². The summed E-state index contributed by atoms with van der Waals surface area (Å²) in [6.45, 7) is 3.49. The molecule has 4 nitrogen and oxygen atoms in total. The second kappa shape index (κ2) is 8.62. The van der Waals surface area contributed by atoms with Gasteiger partial charge >= 0.3 is 0 Å². The first-order valence-electron chi connectivity index (χ1n) is 8.49. The first-order chi connectivity index (χ1) is 11.8. The molecule has 4 heteroatoms. The van der Waals surface area contributed by atoms with E-state index in [9.17, 15) is 4.79 Å². The van der Waals surface area contributed by atoms with Crippen LogP contribution in [0.5, 0.6) is 0 Å². The molecule has 0 aromatic heterocycles. The number of hydrogen-bond donors (Lipinski definition) is 1. The molecule has 1 saturated heterocycles. The molecule has 2 aromatic carbocycles. The monoisotopic (exact) mass is 324 g/mol. The predicted molar refractivity (Wildman–Crippen MR) is 94.7 cm³/mol. The van der Waals surface area contributed by atoms with Crippen molar-refractivity contribution in [3.8, 4) is 0 Å². The van der Waals surface area contributed by atoms with E-state index in [1.165, 1.54) is 5.56 Å². The van der Waals surface area contributed by atoms with Crippen molar-refractivity contribution in [2.45, 2.75) is 12.5 Å². The van der Waals surface area contributed by atoms with Gasteiger partial charge < -0.3 is 10.1 Å². The summed E-state index contributed by atoms with van der Waals surface area (Å²) in [7, 11) is 0. The van der Waals surface area contributed by atoms with Crippen LogP contribution in [0.4, 0.5) is 0 Å². The normalized spacial score (nSPS) is 16.5. The van der Waals surface area contributed by atoms with Gasteiger partial charge in [0.15, 0.2) is 0 Å². The molecule has 0 radical (unpaired) electrons. The molecule has 0 unspecified atom stereocenters. The molecule has 1 aliphatic heterocycles. The maximum Gasteiger partial charge on any atom is 0.234 e. The number of hydrogen-bond acceptors (Lipinski definition) is 3. The molecule has 1 fully saturated rings. The van der Waals surface area contributed by atoms with E-state index < -0.39 is 0 Å². The average molecular weight is 324 g/mol. The van der Waals surface area contributed by atoms with Gasteiger partial charge in [-0.3, -0.25) is 9.69 Å². The van der Waals surface area contributed by atoms with E-state index in [2.05, 4.69) is 34.5 Å². The Balaban J connectivity index is 1.66. The topological polar surface area (TPSA) is 41.6 Å². The molecule has 1 heterocycles. The number of benzene rings is 2. The van der Waals surface area contributed by atoms with E-state index in [0.29, 0.717) is 19.8 Å². The SMILES string of the molecule is O=C(CN1CCOCC1)N[C@H](Cc1ccccc1)c1ccccc1. The molecule has 0 aliphatic carbocycles. The third-order valence-electron chi connectivity index (χ3n) is 4.29. The van der Waals surface area contributed by atoms with Crippen LogP contribution < -0.4 is 5.32 Å². The van der Waals surface area contributed by atoms with E-state index >= 15 is 0 Å². The largest absolute Gasteiger partial charge is 0.379 e. The molecule has 0 spiro atoms. The second-order valence-electron chi connectivity index (χ2n) is 6.11. The quantitative estimate of drug-likeness (QED) is 0.887. The number of ether oxygens (including phenoxy) is 1. The highest BCUT2D eigenvalue weighted by atomic mass is 16.5. The summed E-state index contributed by atoms with van der Waals surface area (Å²) < 4.78 is 5.34. The van der Waals surface area contributed by atoms with Crippen LogP contribution in [0.3, 0.4) is 0 Å². The minimum Gasteiger partial charge on any atom is -0.379 e. The van der Waals surface area contributed by atoms with Crippen LogP contribution in [-0.4, -0.2) is 43.7 Å². The maximum absolute atomic E-state index is 12.5. The van der Waals surface area contributed by atoms with Gasteiger partial charge in [0.05, 0.1) is 25.8 Å². The molecule has 1 atom stereocenters. The van der Waals surface area contributed by atoms with Gasteiger partial charge in [0.1, 0.15) is 0 Å². The lowest BCUT2D eigenvalue weighted by molar-refractivity contribution is -0.124. The third-order valence-corrected chi connectivity index (χ3v) is 4.29. The molecular formula is C20H24N2O2. The van der Waals surface area contributed by atoms with Crippen molar-refractivity contribution in [3.05, 3.63) is 71.8 Å². The van der Waals surface area contributed by atoms with Crippen molar-refractivity contribution >= 4 is 5.91 Å². The number of nitrogens with one attached hydrogen (secondary N) is 1. The van der Waals surface area contributed by atoms with Gasteiger partial charge in [0.2, 0.25) is 5.91 Å². The first kappa shape index (κ1) is 16.7. The molecule has 0 bridgehead atoms. The zero-order chi connectivity index (χ0) is 16.6. The van der Waals surface area contributed by atoms with Gasteiger partial charge in [-0.15, -0.1) is 0 Å². The number of amides is 1. The highest BCUT2D eigenvalue weighted by Gasteiger charge is 2.18. The zero-order valence-electron chi connectivity index (χ0n) is 13.9. The molecule has 0 saturated carbocycles. The fourth-order valence-corrected chi connectivity index (χ4v) is 2.99. The maximum atomic E-state index is 12.5. The number of nitrogens with zero attached hydrogens (tertiary/aromatic N) is 1. The van der Waals surface area contributed by atoms with Gasteiger partial charge in [-0.1, -0.05) is 60.7 Å². The fourth-order valence-electron chi connectivity index (χ4n) is 2.99. The zero-order valence-corrected chi connectivity index (χ0v) is 13.9. The van der Waals surface area contributed by atoms with Gasteiger partial charge in [0, 0.05) is 13.1 Å². The van der Waals surface area contributed by atoms with Crippen LogP contribution in [0.2, 0.25) is 0 Å². The Kier molecular flexibility index (Phi) is 5.99. The van der Waals surface area contributed by atoms with Crippen LogP contribution in [0.25, 0.3) is 0 Å². The highest BCUT2D eigenvalue weighted by molar-refractivity contribution is 5.78. The predicted octanol–water partition coefficient (Wildman–Crippen LogP) is 2.42. The van der Waals surface area contributed by atoms with E-state index in [4.69, 9.17) is 4.74 Å². The summed E-state index contributed by atoms with van der Waals surface area (Å²) in [5, 5.41) is 3.21. The Morgan fingerprint density at radius 2 is 1.62 bits per heavy atom. The molecule has 126 valence electrons. The van der Waals surface area contributed by atoms with Crippen LogP contribution in [0.1, 0.15) is 17.2 Å². The number of morpholine rings is 1. The van der Waals surface area contributed by atoms with Crippen molar-refractivity contribution in [1.29, 1.82) is 0 Å². The van der Waals surface area contributed by atoms with Crippen molar-refractivity contribution in [3.63, 3.8) is 0 Å². The Morgan fingerprint density at radius 1 is 1.00 bits per heavy atom. The Bertz CT molecular complexity index is 625. The number of rotatable bonds is 6. The summed E-state index contributed by atoms with van der Waals surface area (Å²) in [6, 6.07) is 20.4. The lowest BCUT2D eigenvalue weighted by atomic mass is 9.99. The summed E-state index contributed by atoms with van der Waals surface area (Å²) >= 11 is 0. The van der Waals surface area contributed by atoms with Crippen molar-refractivity contribution < 1.29 is 9.53 Å². The molecule has 24 heavy (non-hydrogen) atoms. The molecule has 3 rings (SSSR count). The summed E-state index contributed by atoms with van der Waals surface area (Å²) in [4.78, 5) is 14.6. The molecule has 2 aromatic rings. The van der Waals surface area contributed by atoms with E-state index in [1.54, 1.807) is 0 Å². The smallest absolute Gasteiger partial charge is 0.234 e. The minimum atomic E-state index is -0.0119. The number of carbonyl (C=O) groups excluding carboxylic acids is 1. The Morgan fingerprint density at radius 3 is 2.29 bits per heavy atom. The van der Waals surface area contributed by atoms with Crippen molar-refractivity contribution in [1.82, 2.24) is 10.2 Å². The minimum absolute atomic E-state index is 0.0119. The van der Waals surface area contributed by atoms with Gasteiger partial charge in [-0.25, -0.2) is 0 Å². The Labute approximate surface area is 143 Å². The van der Waals surface area contributed by atoms with Crippen LogP contribution >= 0.6 is 0 Å². The standard InChI is InChI=1S/C20H24N2O2/c23-20(16-22-11-13-24-14-12-22)21-19(18-9-5-2-6-10-18)15-17-7-3-1-4-8-17/h1-10,19H,11-16H2,(H,21,23)/t19-/m1/s1. The van der Waals surface area contributed by atoms with E-state index in [0.717, 1.165) is 25.1 Å². The van der Waals surface area contributed by atoms with Crippen molar-refractivity contribution in [2.24, 2.45) is 0 Å². The molecular weight excluding hydrogens is 300 g/mol. The van der Waals surface area contributed by atoms with Crippen LogP contribution in [0, 0.1) is 0 Å². The molecule has 1 aliphatic rings. The van der Waals surface area contributed by atoms with Gasteiger partial charge in [-0.2, -0.15) is 0 Å². The number of carbonyl (C=O) groups is 1. The first-order valence-corrected chi connectivity index (χ1v) is 8.49. The van der Waals surface area contributed by atoms with E-state index in [1.807, 2.05) is 36.4 Å². The fraction of sp³-hybridized carbons (Fsp3) is 0.350. The van der Waals surface area contributed by atoms with Gasteiger partial charge in [-0.05, 0) is 17.5 Å². The summed E-state index contributed by atoms with van der Waals surface area (Å²) in [5.41, 5.74) is 2.36. The Hall–Kier alpha value is -2.17. The summed E-state index contributed by atoms with van der Waals surface area (Å²) in [5.74, 6) is 0.0710. The van der Waals surface area contributed by atoms with Crippen LogP contribution in [-0.2, 0) is 16.0 Å². The molecule has 1 N–H and O–H groups in total. The summed E-state index contributed by atoms with van der Waals surface area (Å²) in [6.07, 6.45) is 0.791.